The fraction of sp³-hybridized carbons (Fsp3) is 0.909. The summed E-state index contributed by atoms with van der Waals surface area (Å²) in [6, 6.07) is 0. The van der Waals surface area contributed by atoms with Gasteiger partial charge in [-0.15, -0.1) is 12.4 Å². The average molecular weight is 253 g/mol. The molecule has 0 unspecified atom stereocenters. The number of amides is 1. The molecule has 0 aromatic carbocycles. The molecule has 0 radical (unpaired) electrons. The number of carbonyl (C=O) groups excluding carboxylic acids is 1. The van der Waals surface area contributed by atoms with Gasteiger partial charge in [0.05, 0.1) is 6.61 Å². The Morgan fingerprint density at radius 3 is 2.25 bits per heavy atom. The Morgan fingerprint density at radius 2 is 1.75 bits per heavy atom. The Kier molecular flexibility index (Phi) is 10.9. The molecule has 0 atom stereocenters. The summed E-state index contributed by atoms with van der Waals surface area (Å²) in [5, 5.41) is 6.08. The van der Waals surface area contributed by atoms with Crippen molar-refractivity contribution in [2.75, 3.05) is 19.7 Å². The maximum Gasteiger partial charge on any atom is 0.407 e. The first-order valence-corrected chi connectivity index (χ1v) is 5.61. The van der Waals surface area contributed by atoms with E-state index in [9.17, 15) is 4.79 Å². The summed E-state index contributed by atoms with van der Waals surface area (Å²) in [6.07, 6.45) is 1.72. The molecular weight excluding hydrogens is 228 g/mol. The second kappa shape index (κ2) is 9.73. The summed E-state index contributed by atoms with van der Waals surface area (Å²) in [7, 11) is 0. The smallest absolute Gasteiger partial charge is 0.407 e. The van der Waals surface area contributed by atoms with Crippen molar-refractivity contribution in [3.8, 4) is 0 Å². The number of halogens is 1. The number of hydrogen-bond donors (Lipinski definition) is 2. The van der Waals surface area contributed by atoms with Crippen LogP contribution < -0.4 is 10.6 Å². The molecule has 4 nitrogen and oxygen atoms in total. The number of carbonyl (C=O) groups is 1. The van der Waals surface area contributed by atoms with Gasteiger partial charge in [0.15, 0.2) is 0 Å². The molecule has 5 heteroatoms. The quantitative estimate of drug-likeness (QED) is 0.714. The molecule has 0 rings (SSSR count). The van der Waals surface area contributed by atoms with Gasteiger partial charge >= 0.3 is 6.09 Å². The van der Waals surface area contributed by atoms with Crippen LogP contribution in [0.15, 0.2) is 0 Å². The molecule has 16 heavy (non-hydrogen) atoms. The Balaban J connectivity index is 0. The van der Waals surface area contributed by atoms with E-state index in [1.807, 2.05) is 0 Å². The van der Waals surface area contributed by atoms with Gasteiger partial charge in [0.25, 0.3) is 0 Å². The largest absolute Gasteiger partial charge is 0.450 e. The number of rotatable bonds is 6. The molecule has 0 spiro atoms. The zero-order valence-electron chi connectivity index (χ0n) is 10.8. The van der Waals surface area contributed by atoms with Crippen molar-refractivity contribution in [2.45, 2.75) is 46.1 Å². The van der Waals surface area contributed by atoms with E-state index in [4.69, 9.17) is 4.74 Å². The highest BCUT2D eigenvalue weighted by molar-refractivity contribution is 5.85. The summed E-state index contributed by atoms with van der Waals surface area (Å²) in [6.45, 7) is 10.3. The van der Waals surface area contributed by atoms with Crippen molar-refractivity contribution in [2.24, 2.45) is 0 Å². The first-order valence-electron chi connectivity index (χ1n) is 5.61. The Hall–Kier alpha value is -0.480. The molecule has 0 saturated carbocycles. The zero-order chi connectivity index (χ0) is 11.7. The molecule has 0 fully saturated rings. The Morgan fingerprint density at radius 1 is 1.19 bits per heavy atom. The highest BCUT2D eigenvalue weighted by atomic mass is 35.5. The molecule has 2 N–H and O–H groups in total. The minimum atomic E-state index is -0.318. The standard InChI is InChI=1S/C11H24N2O2.ClH/c1-5-15-10(14)12-8-6-7-9-13-11(2,3)4;/h13H,5-9H2,1-4H3,(H,12,14);1H. The van der Waals surface area contributed by atoms with Gasteiger partial charge in [-0.1, -0.05) is 0 Å². The third-order valence-electron chi connectivity index (χ3n) is 1.80. The predicted molar refractivity (Wildman–Crippen MR) is 69.3 cm³/mol. The minimum Gasteiger partial charge on any atom is -0.450 e. The van der Waals surface area contributed by atoms with E-state index < -0.39 is 0 Å². The maximum absolute atomic E-state index is 10.9. The first-order chi connectivity index (χ1) is 6.95. The zero-order valence-corrected chi connectivity index (χ0v) is 11.6. The molecular formula is C11H25ClN2O2. The molecule has 98 valence electrons. The summed E-state index contributed by atoms with van der Waals surface area (Å²) in [5.74, 6) is 0. The van der Waals surface area contributed by atoms with Gasteiger partial charge in [0, 0.05) is 12.1 Å². The van der Waals surface area contributed by atoms with Crippen molar-refractivity contribution in [1.29, 1.82) is 0 Å². The molecule has 0 bridgehead atoms. The van der Waals surface area contributed by atoms with Gasteiger partial charge in [-0.3, -0.25) is 0 Å². The van der Waals surface area contributed by atoms with Crippen LogP contribution in [-0.2, 0) is 4.74 Å². The minimum absolute atomic E-state index is 0. The monoisotopic (exact) mass is 252 g/mol. The summed E-state index contributed by atoms with van der Waals surface area (Å²) < 4.78 is 4.74. The lowest BCUT2D eigenvalue weighted by Crippen LogP contribution is -2.36. The Labute approximate surface area is 105 Å². The number of alkyl carbamates (subject to hydrolysis) is 1. The number of ether oxygens (including phenoxy) is 1. The van der Waals surface area contributed by atoms with Crippen LogP contribution in [0, 0.1) is 0 Å². The van der Waals surface area contributed by atoms with Gasteiger partial charge in [0.2, 0.25) is 0 Å². The van der Waals surface area contributed by atoms with Crippen LogP contribution in [0.4, 0.5) is 4.79 Å². The van der Waals surface area contributed by atoms with Crippen LogP contribution in [0.1, 0.15) is 40.5 Å². The normalized spacial score (nSPS) is 10.5. The van der Waals surface area contributed by atoms with E-state index in [1.54, 1.807) is 6.92 Å². The van der Waals surface area contributed by atoms with Crippen LogP contribution in [0.25, 0.3) is 0 Å². The lowest BCUT2D eigenvalue weighted by molar-refractivity contribution is 0.152. The highest BCUT2D eigenvalue weighted by Crippen LogP contribution is 1.98. The molecule has 0 aliphatic heterocycles. The van der Waals surface area contributed by atoms with Crippen molar-refractivity contribution in [1.82, 2.24) is 10.6 Å². The molecule has 0 aliphatic rings. The lowest BCUT2D eigenvalue weighted by atomic mass is 10.1. The van der Waals surface area contributed by atoms with E-state index in [1.165, 1.54) is 0 Å². The van der Waals surface area contributed by atoms with Crippen molar-refractivity contribution >= 4 is 18.5 Å². The fourth-order valence-corrected chi connectivity index (χ4v) is 1.09. The predicted octanol–water partition coefficient (Wildman–Crippen LogP) is 2.32. The second-order valence-corrected chi connectivity index (χ2v) is 4.53. The SMILES string of the molecule is CCOC(=O)NCCCCNC(C)(C)C.Cl. The van der Waals surface area contributed by atoms with Gasteiger partial charge in [-0.2, -0.15) is 0 Å². The van der Waals surface area contributed by atoms with Gasteiger partial charge < -0.3 is 15.4 Å². The number of unbranched alkanes of at least 4 members (excludes halogenated alkanes) is 1. The van der Waals surface area contributed by atoms with E-state index in [-0.39, 0.29) is 24.0 Å². The van der Waals surface area contributed by atoms with Gasteiger partial charge in [-0.05, 0) is 47.1 Å². The van der Waals surface area contributed by atoms with Crippen LogP contribution in [0.5, 0.6) is 0 Å². The van der Waals surface area contributed by atoms with E-state index in [0.717, 1.165) is 19.4 Å². The molecule has 0 heterocycles. The van der Waals surface area contributed by atoms with Crippen molar-refractivity contribution in [3.63, 3.8) is 0 Å². The number of hydrogen-bond acceptors (Lipinski definition) is 3. The topological polar surface area (TPSA) is 50.4 Å². The van der Waals surface area contributed by atoms with Crippen LogP contribution >= 0.6 is 12.4 Å². The summed E-state index contributed by atoms with van der Waals surface area (Å²) in [5.41, 5.74) is 0.175. The van der Waals surface area contributed by atoms with Gasteiger partial charge in [0.1, 0.15) is 0 Å². The summed E-state index contributed by atoms with van der Waals surface area (Å²) >= 11 is 0. The lowest BCUT2D eigenvalue weighted by Gasteiger charge is -2.20. The highest BCUT2D eigenvalue weighted by Gasteiger charge is 2.06. The molecule has 0 aromatic heterocycles. The third-order valence-corrected chi connectivity index (χ3v) is 1.80. The van der Waals surface area contributed by atoms with E-state index in [2.05, 4.69) is 31.4 Å². The van der Waals surface area contributed by atoms with E-state index >= 15 is 0 Å². The first kappa shape index (κ1) is 17.9. The van der Waals surface area contributed by atoms with Gasteiger partial charge in [-0.25, -0.2) is 4.79 Å². The van der Waals surface area contributed by atoms with E-state index in [0.29, 0.717) is 13.2 Å². The second-order valence-electron chi connectivity index (χ2n) is 4.53. The fourth-order valence-electron chi connectivity index (χ4n) is 1.09. The summed E-state index contributed by atoms with van der Waals surface area (Å²) in [4.78, 5) is 10.9. The average Bonchev–Trinajstić information content (AvgIpc) is 2.09. The van der Waals surface area contributed by atoms with Crippen LogP contribution in [-0.4, -0.2) is 31.3 Å². The number of nitrogens with one attached hydrogen (secondary N) is 2. The molecule has 0 aliphatic carbocycles. The molecule has 1 amide bonds. The van der Waals surface area contributed by atoms with Crippen molar-refractivity contribution < 1.29 is 9.53 Å². The van der Waals surface area contributed by atoms with Crippen molar-refractivity contribution in [3.05, 3.63) is 0 Å². The Bertz CT molecular complexity index is 181. The third kappa shape index (κ3) is 13.5. The molecule has 0 aromatic rings. The molecule has 0 saturated heterocycles. The maximum atomic E-state index is 10.9. The van der Waals surface area contributed by atoms with Crippen LogP contribution in [0.3, 0.4) is 0 Å². The van der Waals surface area contributed by atoms with Crippen LogP contribution in [0.2, 0.25) is 0 Å².